The Balaban J connectivity index is 1.81. The van der Waals surface area contributed by atoms with E-state index in [4.69, 9.17) is 18.4 Å². The smallest absolute Gasteiger partial charge is 0.339 e. The maximum atomic E-state index is 11.7. The molecule has 0 bridgehead atoms. The quantitative estimate of drug-likeness (QED) is 0.588. The van der Waals surface area contributed by atoms with Crippen LogP contribution in [0.25, 0.3) is 0 Å². The third kappa shape index (κ3) is 3.08. The van der Waals surface area contributed by atoms with Crippen molar-refractivity contribution in [1.29, 1.82) is 0 Å². The second-order valence-corrected chi connectivity index (χ2v) is 6.47. The van der Waals surface area contributed by atoms with Crippen LogP contribution in [0.1, 0.15) is 11.9 Å². The van der Waals surface area contributed by atoms with Gasteiger partial charge in [-0.1, -0.05) is 30.3 Å². The lowest BCUT2D eigenvalue weighted by Gasteiger charge is -2.28. The molecule has 0 radical (unpaired) electrons. The molecule has 2 aliphatic heterocycles. The molecule has 114 valence electrons. The van der Waals surface area contributed by atoms with Crippen LogP contribution >= 0.6 is 0 Å². The van der Waals surface area contributed by atoms with E-state index in [9.17, 15) is 13.2 Å². The summed E-state index contributed by atoms with van der Waals surface area (Å²) in [6.45, 7) is 0.0104. The number of hydrogen-bond acceptors (Lipinski definition) is 7. The van der Waals surface area contributed by atoms with Crippen LogP contribution < -0.4 is 0 Å². The number of hydrogen-bond donors (Lipinski definition) is 0. The van der Waals surface area contributed by atoms with Crippen molar-refractivity contribution >= 4 is 16.1 Å². The first-order valence-electron chi connectivity index (χ1n) is 6.35. The summed E-state index contributed by atoms with van der Waals surface area (Å²) in [7, 11) is -3.81. The summed E-state index contributed by atoms with van der Waals surface area (Å²) in [4.78, 5) is 11.7. The molecule has 2 saturated heterocycles. The Morgan fingerprint density at radius 1 is 1.19 bits per heavy atom. The Bertz CT molecular complexity index is 627. The molecule has 0 spiro atoms. The van der Waals surface area contributed by atoms with E-state index in [0.717, 1.165) is 11.8 Å². The zero-order chi connectivity index (χ0) is 15.0. The van der Waals surface area contributed by atoms with Gasteiger partial charge in [-0.05, 0) is 0 Å². The second-order valence-electron chi connectivity index (χ2n) is 4.87. The molecular weight excluding hydrogens is 300 g/mol. The highest BCUT2D eigenvalue weighted by atomic mass is 32.2. The van der Waals surface area contributed by atoms with Crippen LogP contribution in [0.3, 0.4) is 0 Å². The van der Waals surface area contributed by atoms with E-state index < -0.39 is 40.7 Å². The van der Waals surface area contributed by atoms with Crippen LogP contribution in [0.4, 0.5) is 0 Å². The molecule has 0 N–H and O–H groups in total. The zero-order valence-corrected chi connectivity index (χ0v) is 12.0. The van der Waals surface area contributed by atoms with Crippen molar-refractivity contribution in [2.75, 3.05) is 12.9 Å². The number of rotatable bonds is 3. The average Bonchev–Trinajstić information content (AvgIpc) is 2.86. The Morgan fingerprint density at radius 3 is 2.57 bits per heavy atom. The minimum Gasteiger partial charge on any atom is -0.461 e. The zero-order valence-electron chi connectivity index (χ0n) is 11.2. The number of carbonyl (C=O) groups is 1. The van der Waals surface area contributed by atoms with E-state index in [0.29, 0.717) is 0 Å². The fourth-order valence-corrected chi connectivity index (χ4v) is 2.89. The highest BCUT2D eigenvalue weighted by Gasteiger charge is 2.51. The lowest BCUT2D eigenvalue weighted by atomic mass is 10.1. The molecule has 2 aliphatic rings. The molecule has 2 fully saturated rings. The molecule has 21 heavy (non-hydrogen) atoms. The molecule has 1 unspecified atom stereocenters. The van der Waals surface area contributed by atoms with Gasteiger partial charge in [-0.15, -0.1) is 0 Å². The predicted molar refractivity (Wildman–Crippen MR) is 69.6 cm³/mol. The van der Waals surface area contributed by atoms with Crippen LogP contribution in [-0.4, -0.2) is 45.6 Å². The fraction of sp³-hybridized carbons (Fsp3) is 0.462. The highest BCUT2D eigenvalue weighted by molar-refractivity contribution is 7.86. The van der Waals surface area contributed by atoms with Crippen LogP contribution in [-0.2, 0) is 33.3 Å². The van der Waals surface area contributed by atoms with Gasteiger partial charge in [0.25, 0.3) is 10.1 Å². The van der Waals surface area contributed by atoms with Crippen molar-refractivity contribution in [2.45, 2.75) is 24.6 Å². The molecular formula is C13H14O7S. The first-order chi connectivity index (χ1) is 9.94. The third-order valence-corrected chi connectivity index (χ3v) is 3.77. The summed E-state index contributed by atoms with van der Waals surface area (Å²) in [6.07, 6.45) is -2.52. The van der Waals surface area contributed by atoms with Crippen molar-refractivity contribution < 1.29 is 31.6 Å². The van der Waals surface area contributed by atoms with Gasteiger partial charge in [-0.3, -0.25) is 4.18 Å². The van der Waals surface area contributed by atoms with E-state index >= 15 is 0 Å². The van der Waals surface area contributed by atoms with Gasteiger partial charge in [0.05, 0.1) is 6.26 Å². The Hall–Kier alpha value is -1.48. The van der Waals surface area contributed by atoms with E-state index in [-0.39, 0.29) is 6.61 Å². The highest BCUT2D eigenvalue weighted by Crippen LogP contribution is 2.36. The molecule has 1 aromatic rings. The number of esters is 1. The molecule has 1 aromatic carbocycles. The summed E-state index contributed by atoms with van der Waals surface area (Å²) in [5, 5.41) is 0. The number of ether oxygens (including phenoxy) is 3. The van der Waals surface area contributed by atoms with Crippen molar-refractivity contribution in [3.05, 3.63) is 35.9 Å². The standard InChI is InChI=1S/C13H14O7S/c1-21(15,16)20-11-10-9(7-17-12(11)14)18-13(19-10)8-5-3-2-4-6-8/h2-6,9-11,13H,7H2,1H3/t9-,10-,11-,13?/m1/s1. The molecule has 0 saturated carbocycles. The summed E-state index contributed by atoms with van der Waals surface area (Å²) in [5.41, 5.74) is 0.775. The second kappa shape index (κ2) is 5.38. The minimum absolute atomic E-state index is 0.0104. The van der Waals surface area contributed by atoms with Gasteiger partial charge in [-0.25, -0.2) is 4.79 Å². The summed E-state index contributed by atoms with van der Waals surface area (Å²) >= 11 is 0. The van der Waals surface area contributed by atoms with E-state index in [1.807, 2.05) is 30.3 Å². The number of carbonyl (C=O) groups excluding carboxylic acids is 1. The summed E-state index contributed by atoms with van der Waals surface area (Å²) in [5.74, 6) is -0.765. The van der Waals surface area contributed by atoms with E-state index in [1.165, 1.54) is 0 Å². The Morgan fingerprint density at radius 2 is 1.90 bits per heavy atom. The van der Waals surface area contributed by atoms with Gasteiger partial charge in [0.15, 0.2) is 6.29 Å². The van der Waals surface area contributed by atoms with Crippen molar-refractivity contribution in [2.24, 2.45) is 0 Å². The first kappa shape index (κ1) is 14.5. The average molecular weight is 314 g/mol. The summed E-state index contributed by atoms with van der Waals surface area (Å²) in [6, 6.07) is 9.15. The number of benzene rings is 1. The van der Waals surface area contributed by atoms with Gasteiger partial charge >= 0.3 is 5.97 Å². The van der Waals surface area contributed by atoms with Crippen molar-refractivity contribution in [3.8, 4) is 0 Å². The van der Waals surface area contributed by atoms with Crippen LogP contribution in [0.15, 0.2) is 30.3 Å². The lowest BCUT2D eigenvalue weighted by Crippen LogP contribution is -2.51. The normalized spacial score (nSPS) is 32.5. The largest absolute Gasteiger partial charge is 0.461 e. The Kier molecular flexibility index (Phi) is 3.70. The fourth-order valence-electron chi connectivity index (χ4n) is 2.33. The number of fused-ring (bicyclic) bond motifs is 1. The van der Waals surface area contributed by atoms with Crippen molar-refractivity contribution in [1.82, 2.24) is 0 Å². The molecule has 8 heteroatoms. The molecule has 7 nitrogen and oxygen atoms in total. The minimum atomic E-state index is -3.81. The van der Waals surface area contributed by atoms with E-state index in [1.54, 1.807) is 0 Å². The van der Waals surface area contributed by atoms with Crippen molar-refractivity contribution in [3.63, 3.8) is 0 Å². The van der Waals surface area contributed by atoms with Gasteiger partial charge in [0, 0.05) is 5.56 Å². The van der Waals surface area contributed by atoms with Gasteiger partial charge < -0.3 is 14.2 Å². The molecule has 4 atom stereocenters. The van der Waals surface area contributed by atoms with Crippen LogP contribution in [0.2, 0.25) is 0 Å². The molecule has 0 aromatic heterocycles. The number of cyclic esters (lactones) is 1. The van der Waals surface area contributed by atoms with Gasteiger partial charge in [0.1, 0.15) is 18.8 Å². The van der Waals surface area contributed by atoms with Crippen LogP contribution in [0, 0.1) is 0 Å². The maximum Gasteiger partial charge on any atom is 0.339 e. The molecule has 0 amide bonds. The molecule has 3 rings (SSSR count). The third-order valence-electron chi connectivity index (χ3n) is 3.22. The SMILES string of the molecule is CS(=O)(=O)O[C@H]1C(=O)OC[C@H]2OC(c3ccccc3)O[C@H]21. The monoisotopic (exact) mass is 314 g/mol. The van der Waals surface area contributed by atoms with E-state index in [2.05, 4.69) is 0 Å². The van der Waals surface area contributed by atoms with Gasteiger partial charge in [0.2, 0.25) is 6.10 Å². The maximum absolute atomic E-state index is 11.7. The molecule has 0 aliphatic carbocycles. The molecule has 2 heterocycles. The summed E-state index contributed by atoms with van der Waals surface area (Å²) < 4.78 is 43.5. The first-order valence-corrected chi connectivity index (χ1v) is 8.16. The Labute approximate surface area is 121 Å². The topological polar surface area (TPSA) is 88.1 Å². The van der Waals surface area contributed by atoms with Gasteiger partial charge in [-0.2, -0.15) is 8.42 Å². The predicted octanol–water partition coefficient (Wildman–Crippen LogP) is 0.371. The van der Waals surface area contributed by atoms with Crippen LogP contribution in [0.5, 0.6) is 0 Å². The lowest BCUT2D eigenvalue weighted by molar-refractivity contribution is -0.169.